The Morgan fingerprint density at radius 3 is 2.96 bits per heavy atom. The van der Waals surface area contributed by atoms with Gasteiger partial charge in [-0.3, -0.25) is 4.79 Å². The molecule has 5 heteroatoms. The fourth-order valence-electron chi connectivity index (χ4n) is 4.02. The van der Waals surface area contributed by atoms with Crippen LogP contribution in [0.5, 0.6) is 0 Å². The van der Waals surface area contributed by atoms with E-state index >= 15 is 0 Å². The van der Waals surface area contributed by atoms with E-state index in [0.717, 1.165) is 49.2 Å². The molecule has 25 heavy (non-hydrogen) atoms. The molecule has 5 nitrogen and oxygen atoms in total. The van der Waals surface area contributed by atoms with Gasteiger partial charge < -0.3 is 13.9 Å². The van der Waals surface area contributed by atoms with Crippen LogP contribution in [0.15, 0.2) is 28.9 Å². The predicted octanol–water partition coefficient (Wildman–Crippen LogP) is 3.70. The van der Waals surface area contributed by atoms with Crippen molar-refractivity contribution in [1.82, 2.24) is 14.5 Å². The number of aryl methyl sites for hydroxylation is 2. The fraction of sp³-hybridized carbons (Fsp3) is 0.600. The number of rotatable bonds is 5. The third kappa shape index (κ3) is 3.51. The van der Waals surface area contributed by atoms with Gasteiger partial charge >= 0.3 is 0 Å². The second kappa shape index (κ2) is 6.70. The van der Waals surface area contributed by atoms with E-state index < -0.39 is 0 Å². The van der Waals surface area contributed by atoms with Gasteiger partial charge in [-0.25, -0.2) is 4.98 Å². The number of nitrogens with zero attached hydrogens (tertiary/aromatic N) is 3. The molecule has 3 heterocycles. The van der Waals surface area contributed by atoms with Gasteiger partial charge in [0, 0.05) is 44.2 Å². The van der Waals surface area contributed by atoms with E-state index in [9.17, 15) is 4.79 Å². The molecule has 2 aromatic heterocycles. The Hall–Kier alpha value is -2.04. The average molecular weight is 341 g/mol. The van der Waals surface area contributed by atoms with E-state index in [1.54, 1.807) is 0 Å². The monoisotopic (exact) mass is 341 g/mol. The Balaban J connectivity index is 1.31. The summed E-state index contributed by atoms with van der Waals surface area (Å²) in [6.45, 7) is 5.94. The highest BCUT2D eigenvalue weighted by molar-refractivity contribution is 5.76. The first-order chi connectivity index (χ1) is 12.1. The van der Waals surface area contributed by atoms with E-state index in [1.165, 1.54) is 6.42 Å². The Bertz CT molecular complexity index is 748. The van der Waals surface area contributed by atoms with Crippen molar-refractivity contribution in [2.75, 3.05) is 13.1 Å². The van der Waals surface area contributed by atoms with Gasteiger partial charge in [-0.2, -0.15) is 0 Å². The number of carbonyl (C=O) groups excluding carboxylic acids is 1. The van der Waals surface area contributed by atoms with Crippen molar-refractivity contribution >= 4 is 5.91 Å². The van der Waals surface area contributed by atoms with Crippen LogP contribution in [0.1, 0.15) is 61.9 Å². The number of likely N-dealkylation sites (tertiary alicyclic amines) is 1. The number of amides is 1. The van der Waals surface area contributed by atoms with E-state index in [1.807, 2.05) is 30.3 Å². The molecule has 1 aliphatic heterocycles. The van der Waals surface area contributed by atoms with Crippen LogP contribution in [0.2, 0.25) is 0 Å². The number of furan rings is 1. The van der Waals surface area contributed by atoms with Gasteiger partial charge in [-0.15, -0.1) is 0 Å². The molecule has 0 bridgehead atoms. The molecule has 1 saturated heterocycles. The smallest absolute Gasteiger partial charge is 0.223 e. The van der Waals surface area contributed by atoms with E-state index in [4.69, 9.17) is 4.42 Å². The van der Waals surface area contributed by atoms with Crippen LogP contribution in [0.3, 0.4) is 0 Å². The lowest BCUT2D eigenvalue weighted by Crippen LogP contribution is -2.40. The molecule has 0 unspecified atom stereocenters. The Kier molecular flexibility index (Phi) is 4.40. The van der Waals surface area contributed by atoms with Gasteiger partial charge in [0.1, 0.15) is 17.3 Å². The molecule has 0 spiro atoms. The highest BCUT2D eigenvalue weighted by Gasteiger charge is 2.36. The zero-order valence-corrected chi connectivity index (χ0v) is 15.1. The fourth-order valence-corrected chi connectivity index (χ4v) is 4.02. The van der Waals surface area contributed by atoms with Crippen molar-refractivity contribution in [1.29, 1.82) is 0 Å². The molecule has 3 atom stereocenters. The van der Waals surface area contributed by atoms with Crippen molar-refractivity contribution < 1.29 is 9.21 Å². The Labute approximate surface area is 149 Å². The number of imidazole rings is 1. The summed E-state index contributed by atoms with van der Waals surface area (Å²) >= 11 is 0. The van der Waals surface area contributed by atoms with Crippen molar-refractivity contribution in [3.8, 4) is 0 Å². The molecule has 2 aliphatic rings. The quantitative estimate of drug-likeness (QED) is 0.833. The van der Waals surface area contributed by atoms with E-state index in [2.05, 4.69) is 22.5 Å². The summed E-state index contributed by atoms with van der Waals surface area (Å²) in [7, 11) is 0. The molecule has 2 aromatic rings. The highest BCUT2D eigenvalue weighted by atomic mass is 16.3. The first-order valence-electron chi connectivity index (χ1n) is 9.47. The predicted molar refractivity (Wildman–Crippen MR) is 95.4 cm³/mol. The summed E-state index contributed by atoms with van der Waals surface area (Å²) in [5.41, 5.74) is 0. The highest BCUT2D eigenvalue weighted by Crippen LogP contribution is 2.47. The SMILES string of the molecule is Cc1nccn1[C@@H]1CCCN(C(=O)CCc2ccc([C@H]3C[C@H]3C)o2)C1. The average Bonchev–Trinajstić information content (AvgIpc) is 3.02. The summed E-state index contributed by atoms with van der Waals surface area (Å²) in [6.07, 6.45) is 8.49. The molecular formula is C20H27N3O2. The normalized spacial score (nSPS) is 26.0. The number of hydrogen-bond donors (Lipinski definition) is 0. The molecular weight excluding hydrogens is 314 g/mol. The van der Waals surface area contributed by atoms with Crippen LogP contribution in [0, 0.1) is 12.8 Å². The van der Waals surface area contributed by atoms with Crippen LogP contribution in [0.4, 0.5) is 0 Å². The second-order valence-electron chi connectivity index (χ2n) is 7.64. The topological polar surface area (TPSA) is 51.3 Å². The molecule has 0 radical (unpaired) electrons. The lowest BCUT2D eigenvalue weighted by atomic mass is 10.0. The molecule has 1 saturated carbocycles. The summed E-state index contributed by atoms with van der Waals surface area (Å²) < 4.78 is 8.13. The third-order valence-corrected chi connectivity index (χ3v) is 5.75. The van der Waals surface area contributed by atoms with Crippen LogP contribution in [-0.4, -0.2) is 33.4 Å². The van der Waals surface area contributed by atoms with Crippen molar-refractivity contribution in [2.45, 2.75) is 57.9 Å². The largest absolute Gasteiger partial charge is 0.466 e. The van der Waals surface area contributed by atoms with Crippen molar-refractivity contribution in [2.24, 2.45) is 5.92 Å². The number of carbonyl (C=O) groups is 1. The molecule has 1 amide bonds. The van der Waals surface area contributed by atoms with Crippen LogP contribution in [-0.2, 0) is 11.2 Å². The number of piperidine rings is 1. The minimum absolute atomic E-state index is 0.236. The molecule has 1 aliphatic carbocycles. The summed E-state index contributed by atoms with van der Waals surface area (Å²) in [6, 6.07) is 4.49. The maximum Gasteiger partial charge on any atom is 0.223 e. The summed E-state index contributed by atoms with van der Waals surface area (Å²) in [4.78, 5) is 19.0. The van der Waals surface area contributed by atoms with Crippen molar-refractivity contribution in [3.05, 3.63) is 41.9 Å². The molecule has 4 rings (SSSR count). The zero-order valence-electron chi connectivity index (χ0n) is 15.1. The van der Waals surface area contributed by atoms with Crippen LogP contribution >= 0.6 is 0 Å². The van der Waals surface area contributed by atoms with Gasteiger partial charge in [0.15, 0.2) is 0 Å². The van der Waals surface area contributed by atoms with Crippen LogP contribution in [0.25, 0.3) is 0 Å². The Morgan fingerprint density at radius 2 is 2.24 bits per heavy atom. The minimum Gasteiger partial charge on any atom is -0.466 e. The molecule has 2 fully saturated rings. The Morgan fingerprint density at radius 1 is 1.40 bits per heavy atom. The van der Waals surface area contributed by atoms with Gasteiger partial charge in [-0.1, -0.05) is 6.92 Å². The van der Waals surface area contributed by atoms with Gasteiger partial charge in [0.05, 0.1) is 6.04 Å². The summed E-state index contributed by atoms with van der Waals surface area (Å²) in [5.74, 6) is 4.66. The lowest BCUT2D eigenvalue weighted by Gasteiger charge is -2.34. The van der Waals surface area contributed by atoms with E-state index in [-0.39, 0.29) is 5.91 Å². The van der Waals surface area contributed by atoms with Gasteiger partial charge in [-0.05, 0) is 44.2 Å². The van der Waals surface area contributed by atoms with Gasteiger partial charge in [0.25, 0.3) is 0 Å². The minimum atomic E-state index is 0.236. The zero-order chi connectivity index (χ0) is 17.4. The maximum absolute atomic E-state index is 12.6. The third-order valence-electron chi connectivity index (χ3n) is 5.75. The van der Waals surface area contributed by atoms with E-state index in [0.29, 0.717) is 24.8 Å². The lowest BCUT2D eigenvalue weighted by molar-refractivity contribution is -0.132. The first-order valence-corrected chi connectivity index (χ1v) is 9.47. The second-order valence-corrected chi connectivity index (χ2v) is 7.64. The standard InChI is InChI=1S/C20H27N3O2/c1-14-12-18(14)19-7-5-17(25-19)6-8-20(24)22-10-3-4-16(13-22)23-11-9-21-15(23)2/h5,7,9,11,14,16,18H,3-4,6,8,10,12-13H2,1-2H3/t14-,16-,18+/m1/s1. The first kappa shape index (κ1) is 16.4. The van der Waals surface area contributed by atoms with Gasteiger partial charge in [0.2, 0.25) is 5.91 Å². The molecule has 0 N–H and O–H groups in total. The number of hydrogen-bond acceptors (Lipinski definition) is 3. The summed E-state index contributed by atoms with van der Waals surface area (Å²) in [5, 5.41) is 0. The van der Waals surface area contributed by atoms with Crippen LogP contribution < -0.4 is 0 Å². The number of aromatic nitrogens is 2. The maximum atomic E-state index is 12.6. The molecule has 134 valence electrons. The van der Waals surface area contributed by atoms with Crippen molar-refractivity contribution in [3.63, 3.8) is 0 Å². The molecule has 0 aromatic carbocycles.